The molecular formula is C22H20N4O2S. The lowest BCUT2D eigenvalue weighted by Gasteiger charge is -2.09. The summed E-state index contributed by atoms with van der Waals surface area (Å²) < 4.78 is 1.44. The number of nitrogens with zero attached hydrogens (tertiary/aromatic N) is 3. The van der Waals surface area contributed by atoms with Crippen LogP contribution in [0.5, 0.6) is 0 Å². The number of hydrogen-bond donors (Lipinski definition) is 1. The molecule has 2 aromatic heterocycles. The summed E-state index contributed by atoms with van der Waals surface area (Å²) >= 11 is 1.60. The van der Waals surface area contributed by atoms with Gasteiger partial charge in [-0.15, -0.1) is 11.3 Å². The standard InChI is InChI=1S/C22H20N4O2S/c1-15-6-8-16(9-7-15)22-25-17(14-29-22)10-11-23-20(27)13-26-19-5-3-2-4-18(19)24-12-21(26)28/h2-9,12,14H,10-11,13H2,1H3,(H,23,27). The molecule has 6 nitrogen and oxygen atoms in total. The highest BCUT2D eigenvalue weighted by Gasteiger charge is 2.09. The Kier molecular flexibility index (Phi) is 5.48. The Labute approximate surface area is 171 Å². The predicted molar refractivity (Wildman–Crippen MR) is 115 cm³/mol. The van der Waals surface area contributed by atoms with Crippen molar-refractivity contribution in [3.05, 3.63) is 81.7 Å². The quantitative estimate of drug-likeness (QED) is 0.535. The van der Waals surface area contributed by atoms with Crippen molar-refractivity contribution in [2.24, 2.45) is 0 Å². The van der Waals surface area contributed by atoms with Crippen molar-refractivity contribution in [2.45, 2.75) is 19.9 Å². The van der Waals surface area contributed by atoms with E-state index in [1.807, 2.05) is 23.6 Å². The molecule has 0 fully saturated rings. The molecule has 0 unspecified atom stereocenters. The summed E-state index contributed by atoms with van der Waals surface area (Å²) in [5, 5.41) is 5.86. The first-order valence-corrected chi connectivity index (χ1v) is 10.2. The largest absolute Gasteiger partial charge is 0.354 e. The second-order valence-corrected chi connectivity index (χ2v) is 7.64. The number of nitrogens with one attached hydrogen (secondary N) is 1. The fourth-order valence-corrected chi connectivity index (χ4v) is 3.92. The minimum absolute atomic E-state index is 0.0342. The zero-order chi connectivity index (χ0) is 20.2. The van der Waals surface area contributed by atoms with Gasteiger partial charge in [-0.1, -0.05) is 42.0 Å². The van der Waals surface area contributed by atoms with E-state index in [1.165, 1.54) is 16.3 Å². The Balaban J connectivity index is 1.36. The smallest absolute Gasteiger partial charge is 0.269 e. The average Bonchev–Trinajstić information content (AvgIpc) is 3.19. The van der Waals surface area contributed by atoms with Crippen LogP contribution in [-0.4, -0.2) is 27.0 Å². The summed E-state index contributed by atoms with van der Waals surface area (Å²) in [6.45, 7) is 2.49. The van der Waals surface area contributed by atoms with Crippen molar-refractivity contribution in [2.75, 3.05) is 6.54 Å². The zero-order valence-electron chi connectivity index (χ0n) is 16.0. The highest BCUT2D eigenvalue weighted by Crippen LogP contribution is 2.24. The van der Waals surface area contributed by atoms with Crippen molar-refractivity contribution in [1.82, 2.24) is 19.9 Å². The monoisotopic (exact) mass is 404 g/mol. The lowest BCUT2D eigenvalue weighted by molar-refractivity contribution is -0.121. The average molecular weight is 404 g/mol. The van der Waals surface area contributed by atoms with Crippen molar-refractivity contribution < 1.29 is 4.79 Å². The number of aryl methyl sites for hydroxylation is 1. The second kappa shape index (κ2) is 8.36. The van der Waals surface area contributed by atoms with Crippen LogP contribution in [0.4, 0.5) is 0 Å². The Hall–Kier alpha value is -3.32. The van der Waals surface area contributed by atoms with Crippen molar-refractivity contribution in [3.63, 3.8) is 0 Å². The van der Waals surface area contributed by atoms with Crippen molar-refractivity contribution >= 4 is 28.3 Å². The first-order chi connectivity index (χ1) is 14.1. The van der Waals surface area contributed by atoms with Crippen LogP contribution in [0.1, 0.15) is 11.3 Å². The van der Waals surface area contributed by atoms with Gasteiger partial charge in [-0.3, -0.25) is 14.2 Å². The SMILES string of the molecule is Cc1ccc(-c2nc(CCNC(=O)Cn3c(=O)cnc4ccccc43)cs2)cc1. The van der Waals surface area contributed by atoms with E-state index in [0.29, 0.717) is 24.0 Å². The van der Waals surface area contributed by atoms with Crippen molar-refractivity contribution in [3.8, 4) is 10.6 Å². The summed E-state index contributed by atoms with van der Waals surface area (Å²) in [5.41, 5.74) is 4.30. The molecule has 2 heterocycles. The second-order valence-electron chi connectivity index (χ2n) is 6.78. The summed E-state index contributed by atoms with van der Waals surface area (Å²) in [5.74, 6) is -0.211. The molecule has 0 aliphatic heterocycles. The molecule has 4 aromatic rings. The molecule has 0 aliphatic rings. The first kappa shape index (κ1) is 19.0. The molecule has 2 aromatic carbocycles. The van der Waals surface area contributed by atoms with Gasteiger partial charge >= 0.3 is 0 Å². The van der Waals surface area contributed by atoms with Crippen LogP contribution in [0, 0.1) is 6.92 Å². The van der Waals surface area contributed by atoms with Crippen LogP contribution < -0.4 is 10.9 Å². The maximum atomic E-state index is 12.3. The van der Waals surface area contributed by atoms with Gasteiger partial charge in [0.1, 0.15) is 11.6 Å². The van der Waals surface area contributed by atoms with Crippen LogP contribution in [0.2, 0.25) is 0 Å². The number of hydrogen-bond acceptors (Lipinski definition) is 5. The lowest BCUT2D eigenvalue weighted by Crippen LogP contribution is -2.33. The Morgan fingerprint density at radius 1 is 1.14 bits per heavy atom. The Morgan fingerprint density at radius 3 is 2.76 bits per heavy atom. The molecule has 0 bridgehead atoms. The third kappa shape index (κ3) is 4.41. The minimum Gasteiger partial charge on any atom is -0.354 e. The van der Waals surface area contributed by atoms with Crippen LogP contribution in [-0.2, 0) is 17.8 Å². The fourth-order valence-electron chi connectivity index (χ4n) is 3.06. The van der Waals surface area contributed by atoms with Crippen LogP contribution in [0.15, 0.2) is 64.9 Å². The van der Waals surface area contributed by atoms with Crippen molar-refractivity contribution in [1.29, 1.82) is 0 Å². The van der Waals surface area contributed by atoms with E-state index in [1.54, 1.807) is 17.4 Å². The van der Waals surface area contributed by atoms with Gasteiger partial charge in [0, 0.05) is 23.9 Å². The Morgan fingerprint density at radius 2 is 1.93 bits per heavy atom. The van der Waals surface area contributed by atoms with E-state index in [9.17, 15) is 9.59 Å². The van der Waals surface area contributed by atoms with E-state index in [-0.39, 0.29) is 18.0 Å². The molecule has 146 valence electrons. The normalized spacial score (nSPS) is 10.9. The molecule has 0 saturated heterocycles. The molecule has 0 spiro atoms. The molecule has 4 rings (SSSR count). The number of carbonyl (C=O) groups is 1. The van der Waals surface area contributed by atoms with E-state index in [4.69, 9.17) is 0 Å². The van der Waals surface area contributed by atoms with E-state index in [0.717, 1.165) is 16.3 Å². The number of fused-ring (bicyclic) bond motifs is 1. The first-order valence-electron chi connectivity index (χ1n) is 9.33. The molecule has 0 radical (unpaired) electrons. The molecular weight excluding hydrogens is 384 g/mol. The van der Waals surface area contributed by atoms with Gasteiger partial charge in [-0.2, -0.15) is 0 Å². The van der Waals surface area contributed by atoms with E-state index in [2.05, 4.69) is 46.5 Å². The van der Waals surface area contributed by atoms with Gasteiger partial charge in [-0.05, 0) is 19.1 Å². The number of aromatic nitrogens is 3. The maximum absolute atomic E-state index is 12.3. The molecule has 1 N–H and O–H groups in total. The summed E-state index contributed by atoms with van der Waals surface area (Å²) in [7, 11) is 0. The number of amides is 1. The third-order valence-corrected chi connectivity index (χ3v) is 5.55. The molecule has 7 heteroatoms. The number of rotatable bonds is 6. The van der Waals surface area contributed by atoms with Crippen LogP contribution >= 0.6 is 11.3 Å². The molecule has 0 aliphatic carbocycles. The van der Waals surface area contributed by atoms with Gasteiger partial charge in [0.05, 0.1) is 22.9 Å². The summed E-state index contributed by atoms with van der Waals surface area (Å²) in [6, 6.07) is 15.6. The third-order valence-electron chi connectivity index (χ3n) is 4.61. The maximum Gasteiger partial charge on any atom is 0.269 e. The van der Waals surface area contributed by atoms with Gasteiger partial charge in [-0.25, -0.2) is 9.97 Å². The zero-order valence-corrected chi connectivity index (χ0v) is 16.8. The van der Waals surface area contributed by atoms with Gasteiger partial charge in [0.15, 0.2) is 0 Å². The van der Waals surface area contributed by atoms with Gasteiger partial charge in [0.2, 0.25) is 5.91 Å². The minimum atomic E-state index is -0.291. The predicted octanol–water partition coefficient (Wildman–Crippen LogP) is 3.19. The number of thiazole rings is 1. The van der Waals surface area contributed by atoms with E-state index < -0.39 is 0 Å². The summed E-state index contributed by atoms with van der Waals surface area (Å²) in [6.07, 6.45) is 1.89. The number of carbonyl (C=O) groups excluding carboxylic acids is 1. The van der Waals surface area contributed by atoms with Crippen LogP contribution in [0.25, 0.3) is 21.6 Å². The molecule has 1 amide bonds. The van der Waals surface area contributed by atoms with Crippen LogP contribution in [0.3, 0.4) is 0 Å². The number of para-hydroxylation sites is 2. The lowest BCUT2D eigenvalue weighted by atomic mass is 10.2. The fraction of sp³-hybridized carbons (Fsp3) is 0.182. The molecule has 0 saturated carbocycles. The van der Waals surface area contributed by atoms with Gasteiger partial charge in [0.25, 0.3) is 5.56 Å². The number of benzene rings is 2. The highest BCUT2D eigenvalue weighted by molar-refractivity contribution is 7.13. The summed E-state index contributed by atoms with van der Waals surface area (Å²) in [4.78, 5) is 33.2. The molecule has 0 atom stereocenters. The molecule has 29 heavy (non-hydrogen) atoms. The Bertz CT molecular complexity index is 1210. The van der Waals surface area contributed by atoms with Gasteiger partial charge < -0.3 is 5.32 Å². The highest BCUT2D eigenvalue weighted by atomic mass is 32.1. The topological polar surface area (TPSA) is 76.9 Å². The van der Waals surface area contributed by atoms with E-state index >= 15 is 0 Å².